The van der Waals surface area contributed by atoms with E-state index in [0.717, 1.165) is 22.6 Å². The monoisotopic (exact) mass is 335 g/mol. The molecule has 0 saturated carbocycles. The molecule has 0 atom stereocenters. The number of carbonyl (C=O) groups is 1. The number of benzene rings is 2. The normalized spacial score (nSPS) is 12.6. The third-order valence-corrected chi connectivity index (χ3v) is 4.49. The highest BCUT2D eigenvalue weighted by atomic mass is 32.1. The molecule has 0 radical (unpaired) electrons. The molecule has 1 heterocycles. The molecule has 120 valence electrons. The van der Waals surface area contributed by atoms with E-state index in [1.54, 1.807) is 0 Å². The molecule has 0 amide bonds. The first-order valence-electron chi connectivity index (χ1n) is 7.62. The zero-order chi connectivity index (χ0) is 17.1. The number of rotatable bonds is 3. The Morgan fingerprint density at radius 1 is 1.04 bits per heavy atom. The number of ketones is 1. The molecular weight excluding hydrogens is 318 g/mol. The Labute approximate surface area is 143 Å². The third-order valence-electron chi connectivity index (χ3n) is 3.59. The maximum atomic E-state index is 12.5. The highest BCUT2D eigenvalue weighted by Crippen LogP contribution is 2.05. The van der Waals surface area contributed by atoms with Crippen LogP contribution in [0.25, 0.3) is 17.8 Å². The minimum atomic E-state index is -0.0807. The second-order valence-electron chi connectivity index (χ2n) is 5.59. The van der Waals surface area contributed by atoms with Gasteiger partial charge in [-0.25, -0.2) is 0 Å². The largest absolute Gasteiger partial charge is 0.297 e. The van der Waals surface area contributed by atoms with Gasteiger partial charge in [-0.3, -0.25) is 14.2 Å². The summed E-state index contributed by atoms with van der Waals surface area (Å²) in [6, 6.07) is 17.6. The number of para-hydroxylation sites is 1. The quantitative estimate of drug-likeness (QED) is 0.737. The maximum Gasteiger partial charge on any atom is 0.258 e. The van der Waals surface area contributed by atoms with Crippen molar-refractivity contribution in [2.75, 3.05) is 0 Å². The molecule has 0 aliphatic carbocycles. The van der Waals surface area contributed by atoms with E-state index in [9.17, 15) is 9.59 Å². The molecule has 0 spiro atoms. The predicted octanol–water partition coefficient (Wildman–Crippen LogP) is 2.41. The standard InChI is InChI=1S/C20H17NO2S/c1-14-8-10-16(11-9-14)13-18-20(23)24-19(12-15(2)22)21(18)17-6-4-3-5-7-17/h3-13H,1-2H3/b18-13+,19-12-. The molecule has 0 fully saturated rings. The van der Waals surface area contributed by atoms with Crippen LogP contribution >= 0.6 is 11.3 Å². The number of Topliss-reactive ketones (excluding diaryl/α,β-unsaturated/α-hetero) is 1. The van der Waals surface area contributed by atoms with Crippen LogP contribution in [0.1, 0.15) is 18.1 Å². The summed E-state index contributed by atoms with van der Waals surface area (Å²) in [4.78, 5) is 24.1. The lowest BCUT2D eigenvalue weighted by Crippen LogP contribution is -2.31. The van der Waals surface area contributed by atoms with Crippen molar-refractivity contribution >= 4 is 29.3 Å². The van der Waals surface area contributed by atoms with E-state index in [1.165, 1.54) is 18.6 Å². The van der Waals surface area contributed by atoms with Crippen molar-refractivity contribution in [2.45, 2.75) is 13.8 Å². The summed E-state index contributed by atoms with van der Waals surface area (Å²) in [5.74, 6) is -0.0807. The minimum Gasteiger partial charge on any atom is -0.297 e. The second-order valence-corrected chi connectivity index (χ2v) is 6.59. The molecule has 4 heteroatoms. The number of aromatic nitrogens is 1. The molecule has 0 unspecified atom stereocenters. The van der Waals surface area contributed by atoms with E-state index in [2.05, 4.69) is 0 Å². The Morgan fingerprint density at radius 2 is 1.71 bits per heavy atom. The summed E-state index contributed by atoms with van der Waals surface area (Å²) in [5, 5.41) is 0.558. The Balaban J connectivity index is 2.34. The van der Waals surface area contributed by atoms with Crippen LogP contribution in [-0.2, 0) is 4.79 Å². The van der Waals surface area contributed by atoms with Gasteiger partial charge in [-0.15, -0.1) is 0 Å². The van der Waals surface area contributed by atoms with Crippen LogP contribution in [0, 0.1) is 6.92 Å². The van der Waals surface area contributed by atoms with Gasteiger partial charge in [0, 0.05) is 11.8 Å². The van der Waals surface area contributed by atoms with Gasteiger partial charge in [0.25, 0.3) is 4.74 Å². The SMILES string of the molecule is CC(=O)/C=c1\sc(=O)/c(=C\c2ccc(C)cc2)n1-c1ccccc1. The summed E-state index contributed by atoms with van der Waals surface area (Å²) in [6.45, 7) is 3.51. The Bertz CT molecular complexity index is 1040. The lowest BCUT2D eigenvalue weighted by atomic mass is 10.1. The average Bonchev–Trinajstić information content (AvgIpc) is 2.85. The van der Waals surface area contributed by atoms with Crippen LogP contribution in [0.2, 0.25) is 0 Å². The highest BCUT2D eigenvalue weighted by Gasteiger charge is 2.07. The molecule has 1 aromatic heterocycles. The van der Waals surface area contributed by atoms with E-state index in [4.69, 9.17) is 0 Å². The van der Waals surface area contributed by atoms with E-state index in [-0.39, 0.29) is 10.5 Å². The summed E-state index contributed by atoms with van der Waals surface area (Å²) >= 11 is 1.09. The van der Waals surface area contributed by atoms with Gasteiger partial charge in [-0.05, 0) is 37.6 Å². The zero-order valence-electron chi connectivity index (χ0n) is 13.5. The van der Waals surface area contributed by atoms with Gasteiger partial charge in [-0.2, -0.15) is 0 Å². The number of hydrogen-bond donors (Lipinski definition) is 0. The number of carbonyl (C=O) groups excluding carboxylic acids is 1. The van der Waals surface area contributed by atoms with Crippen molar-refractivity contribution < 1.29 is 4.79 Å². The Kier molecular flexibility index (Phi) is 4.58. The van der Waals surface area contributed by atoms with Crippen molar-refractivity contribution in [1.82, 2.24) is 4.57 Å². The van der Waals surface area contributed by atoms with E-state index in [0.29, 0.717) is 10.0 Å². The Hall–Kier alpha value is -2.72. The Morgan fingerprint density at radius 3 is 2.33 bits per heavy atom. The summed E-state index contributed by atoms with van der Waals surface area (Å²) in [7, 11) is 0. The van der Waals surface area contributed by atoms with Gasteiger partial charge in [0.1, 0.15) is 10.0 Å². The third kappa shape index (κ3) is 3.44. The minimum absolute atomic E-state index is 0.0630. The second kappa shape index (κ2) is 6.81. The van der Waals surface area contributed by atoms with Gasteiger partial charge >= 0.3 is 0 Å². The fourth-order valence-electron chi connectivity index (χ4n) is 2.46. The highest BCUT2D eigenvalue weighted by molar-refractivity contribution is 7.07. The van der Waals surface area contributed by atoms with Gasteiger partial charge in [0.05, 0.1) is 0 Å². The summed E-state index contributed by atoms with van der Waals surface area (Å²) < 4.78 is 2.41. The van der Waals surface area contributed by atoms with Crippen molar-refractivity contribution in [3.8, 4) is 5.69 Å². The average molecular weight is 335 g/mol. The molecule has 2 aromatic carbocycles. The molecule has 3 aromatic rings. The molecule has 3 nitrogen and oxygen atoms in total. The van der Waals surface area contributed by atoms with Crippen LogP contribution < -0.4 is 14.8 Å². The van der Waals surface area contributed by atoms with Crippen molar-refractivity contribution in [1.29, 1.82) is 0 Å². The molecule has 3 rings (SSSR count). The van der Waals surface area contributed by atoms with Crippen molar-refractivity contribution in [3.63, 3.8) is 0 Å². The number of aryl methyl sites for hydroxylation is 1. The first kappa shape index (κ1) is 16.1. The lowest BCUT2D eigenvalue weighted by molar-refractivity contribution is -0.111. The first-order valence-corrected chi connectivity index (χ1v) is 8.44. The predicted molar refractivity (Wildman–Crippen MR) is 99.1 cm³/mol. The van der Waals surface area contributed by atoms with E-state index < -0.39 is 0 Å². The smallest absolute Gasteiger partial charge is 0.258 e. The van der Waals surface area contributed by atoms with Crippen LogP contribution in [0.15, 0.2) is 59.4 Å². The molecule has 0 aliphatic heterocycles. The van der Waals surface area contributed by atoms with Gasteiger partial charge in [0.2, 0.25) is 0 Å². The number of nitrogens with zero attached hydrogens (tertiary/aromatic N) is 1. The summed E-state index contributed by atoms with van der Waals surface area (Å²) in [6.07, 6.45) is 3.37. The van der Waals surface area contributed by atoms with Crippen molar-refractivity contribution in [3.05, 3.63) is 85.3 Å². The van der Waals surface area contributed by atoms with Crippen LogP contribution in [0.5, 0.6) is 0 Å². The first-order chi connectivity index (χ1) is 11.5. The van der Waals surface area contributed by atoms with Gasteiger partial charge < -0.3 is 0 Å². The lowest BCUT2D eigenvalue weighted by Gasteiger charge is -2.04. The zero-order valence-corrected chi connectivity index (χ0v) is 14.3. The van der Waals surface area contributed by atoms with Gasteiger partial charge in [-0.1, -0.05) is 59.4 Å². The van der Waals surface area contributed by atoms with E-state index in [1.807, 2.05) is 72.2 Å². The van der Waals surface area contributed by atoms with E-state index >= 15 is 0 Å². The van der Waals surface area contributed by atoms with Crippen molar-refractivity contribution in [2.24, 2.45) is 0 Å². The maximum absolute atomic E-state index is 12.5. The number of hydrogen-bond acceptors (Lipinski definition) is 3. The van der Waals surface area contributed by atoms with Crippen LogP contribution in [0.3, 0.4) is 0 Å². The molecule has 0 N–H and O–H groups in total. The molecular formula is C20H17NO2S. The molecule has 0 aliphatic rings. The molecule has 0 saturated heterocycles. The summed E-state index contributed by atoms with van der Waals surface area (Å²) in [5.41, 5.74) is 2.98. The van der Waals surface area contributed by atoms with Crippen LogP contribution in [-0.4, -0.2) is 10.4 Å². The number of thiazole rings is 1. The fraction of sp³-hybridized carbons (Fsp3) is 0.100. The molecule has 0 bridgehead atoms. The fourth-order valence-corrected chi connectivity index (χ4v) is 3.42. The topological polar surface area (TPSA) is 39.1 Å². The molecule has 24 heavy (non-hydrogen) atoms. The van der Waals surface area contributed by atoms with Gasteiger partial charge in [0.15, 0.2) is 5.78 Å². The van der Waals surface area contributed by atoms with Crippen LogP contribution in [0.4, 0.5) is 0 Å².